The third kappa shape index (κ3) is 4.04. The van der Waals surface area contributed by atoms with E-state index in [0.29, 0.717) is 37.5 Å². The summed E-state index contributed by atoms with van der Waals surface area (Å²) in [6.07, 6.45) is 1.15. The highest BCUT2D eigenvalue weighted by atomic mass is 35.5. The Hall–Kier alpha value is -3.08. The molecular weight excluding hydrogens is 472 g/mol. The summed E-state index contributed by atoms with van der Waals surface area (Å²) < 4.78 is 30.2. The van der Waals surface area contributed by atoms with Crippen molar-refractivity contribution in [3.63, 3.8) is 0 Å². The van der Waals surface area contributed by atoms with Gasteiger partial charge in [0.1, 0.15) is 10.7 Å². The lowest BCUT2D eigenvalue weighted by atomic mass is 10.2. The highest BCUT2D eigenvalue weighted by Gasteiger charge is 2.26. The van der Waals surface area contributed by atoms with Crippen LogP contribution in [0.1, 0.15) is 16.1 Å². The summed E-state index contributed by atoms with van der Waals surface area (Å²) in [7, 11) is -2.08. The molecule has 0 aliphatic rings. The van der Waals surface area contributed by atoms with E-state index < -0.39 is 15.8 Å². The van der Waals surface area contributed by atoms with Crippen LogP contribution in [0.5, 0.6) is 0 Å². The van der Waals surface area contributed by atoms with Gasteiger partial charge < -0.3 is 4.74 Å². The van der Waals surface area contributed by atoms with Crippen LogP contribution in [0.3, 0.4) is 0 Å². The van der Waals surface area contributed by atoms with Gasteiger partial charge in [0.15, 0.2) is 20.5 Å². The second kappa shape index (κ2) is 8.45. The van der Waals surface area contributed by atoms with Gasteiger partial charge in [-0.25, -0.2) is 17.9 Å². The van der Waals surface area contributed by atoms with Crippen LogP contribution < -0.4 is 0 Å². The Morgan fingerprint density at radius 2 is 1.81 bits per heavy atom. The van der Waals surface area contributed by atoms with Crippen molar-refractivity contribution >= 4 is 38.7 Å². The van der Waals surface area contributed by atoms with Crippen molar-refractivity contribution in [2.75, 3.05) is 13.4 Å². The number of benzene rings is 2. The summed E-state index contributed by atoms with van der Waals surface area (Å²) in [5.41, 5.74) is 2.42. The third-order valence-electron chi connectivity index (χ3n) is 4.72. The first-order valence-corrected chi connectivity index (χ1v) is 12.4. The van der Waals surface area contributed by atoms with Gasteiger partial charge in [0.25, 0.3) is 0 Å². The van der Waals surface area contributed by atoms with Gasteiger partial charge in [-0.15, -0.1) is 10.2 Å². The van der Waals surface area contributed by atoms with Crippen LogP contribution in [0.15, 0.2) is 53.4 Å². The minimum absolute atomic E-state index is 0.137. The molecule has 164 valence electrons. The fourth-order valence-corrected chi connectivity index (χ4v) is 4.94. The Labute approximate surface area is 193 Å². The molecule has 32 heavy (non-hydrogen) atoms. The molecule has 2 heterocycles. The quantitative estimate of drug-likeness (QED) is 0.387. The second-order valence-electron chi connectivity index (χ2n) is 6.89. The number of carbonyl (C=O) groups is 1. The molecule has 0 bridgehead atoms. The number of esters is 1. The van der Waals surface area contributed by atoms with Crippen molar-refractivity contribution < 1.29 is 17.9 Å². The summed E-state index contributed by atoms with van der Waals surface area (Å²) in [6, 6.07) is 13.6. The smallest absolute Gasteiger partial charge is 0.358 e. The molecule has 4 aromatic rings. The number of sulfone groups is 1. The zero-order chi connectivity index (χ0) is 23.0. The van der Waals surface area contributed by atoms with Crippen LogP contribution in [-0.2, 0) is 14.6 Å². The van der Waals surface area contributed by atoms with Crippen molar-refractivity contribution in [1.82, 2.24) is 20.0 Å². The van der Waals surface area contributed by atoms with E-state index in [-0.39, 0.29) is 10.6 Å². The van der Waals surface area contributed by atoms with Crippen molar-refractivity contribution in [2.45, 2.75) is 11.8 Å². The monoisotopic (exact) mass is 488 g/mol. The Balaban J connectivity index is 1.88. The Morgan fingerprint density at radius 3 is 2.50 bits per heavy atom. The maximum absolute atomic E-state index is 12.3. The second-order valence-corrected chi connectivity index (χ2v) is 10.3. The lowest BCUT2D eigenvalue weighted by Gasteiger charge is -2.07. The van der Waals surface area contributed by atoms with E-state index >= 15 is 0 Å². The SMILES string of the molecule is COC(=O)c1nn(-c2ccccc2Cl)c(-c2nnc(-c3cccc(S(C)(=O)=O)c3)s2)c1C. The number of halogens is 1. The van der Waals surface area contributed by atoms with E-state index in [4.69, 9.17) is 16.3 Å². The van der Waals surface area contributed by atoms with Crippen LogP contribution in [0.2, 0.25) is 5.02 Å². The molecule has 2 aromatic heterocycles. The van der Waals surface area contributed by atoms with Crippen molar-refractivity contribution in [2.24, 2.45) is 0 Å². The van der Waals surface area contributed by atoms with Gasteiger partial charge in [-0.3, -0.25) is 0 Å². The molecule has 0 saturated heterocycles. The van der Waals surface area contributed by atoms with Gasteiger partial charge in [-0.1, -0.05) is 47.2 Å². The normalized spacial score (nSPS) is 11.5. The third-order valence-corrected chi connectivity index (χ3v) is 7.13. The van der Waals surface area contributed by atoms with Gasteiger partial charge in [0, 0.05) is 17.4 Å². The predicted molar refractivity (Wildman–Crippen MR) is 122 cm³/mol. The number of methoxy groups -OCH3 is 1. The van der Waals surface area contributed by atoms with E-state index in [1.807, 2.05) is 6.07 Å². The minimum atomic E-state index is -3.37. The Kier molecular flexibility index (Phi) is 5.85. The van der Waals surface area contributed by atoms with Gasteiger partial charge in [0.2, 0.25) is 0 Å². The minimum Gasteiger partial charge on any atom is -0.464 e. The van der Waals surface area contributed by atoms with E-state index in [1.54, 1.807) is 48.0 Å². The maximum atomic E-state index is 12.3. The summed E-state index contributed by atoms with van der Waals surface area (Å²) in [5.74, 6) is -0.583. The average molecular weight is 489 g/mol. The predicted octanol–water partition coefficient (Wildman–Crippen LogP) is 4.21. The molecule has 0 saturated carbocycles. The number of rotatable bonds is 5. The number of hydrogen-bond donors (Lipinski definition) is 0. The molecule has 2 aromatic carbocycles. The van der Waals surface area contributed by atoms with Crippen LogP contribution in [0, 0.1) is 6.92 Å². The highest BCUT2D eigenvalue weighted by molar-refractivity contribution is 7.90. The summed E-state index contributed by atoms with van der Waals surface area (Å²) >= 11 is 7.63. The number of ether oxygens (including phenoxy) is 1. The van der Waals surface area contributed by atoms with E-state index in [0.717, 1.165) is 6.26 Å². The topological polar surface area (TPSA) is 104 Å². The number of aromatic nitrogens is 4. The largest absolute Gasteiger partial charge is 0.464 e. The van der Waals surface area contributed by atoms with Crippen molar-refractivity contribution in [3.05, 3.63) is 64.8 Å². The number of carbonyl (C=O) groups excluding carboxylic acids is 1. The highest BCUT2D eigenvalue weighted by Crippen LogP contribution is 2.36. The molecule has 11 heteroatoms. The summed E-state index contributed by atoms with van der Waals surface area (Å²) in [4.78, 5) is 12.5. The molecule has 0 N–H and O–H groups in total. The van der Waals surface area contributed by atoms with Gasteiger partial charge in [-0.05, 0) is 31.2 Å². The molecule has 0 amide bonds. The summed E-state index contributed by atoms with van der Waals surface area (Å²) in [6.45, 7) is 1.74. The Bertz CT molecular complexity index is 1440. The molecule has 0 unspecified atom stereocenters. The lowest BCUT2D eigenvalue weighted by Crippen LogP contribution is -2.05. The Morgan fingerprint density at radius 1 is 1.09 bits per heavy atom. The zero-order valence-corrected chi connectivity index (χ0v) is 19.6. The van der Waals surface area contributed by atoms with E-state index in [9.17, 15) is 13.2 Å². The number of nitrogens with zero attached hydrogens (tertiary/aromatic N) is 4. The average Bonchev–Trinajstić information content (AvgIpc) is 3.37. The fraction of sp³-hybridized carbons (Fsp3) is 0.143. The molecule has 0 aliphatic heterocycles. The molecule has 4 rings (SSSR count). The molecule has 8 nitrogen and oxygen atoms in total. The van der Waals surface area contributed by atoms with Crippen molar-refractivity contribution in [3.8, 4) is 27.0 Å². The fourth-order valence-electron chi connectivity index (χ4n) is 3.13. The molecule has 0 fully saturated rings. The van der Waals surface area contributed by atoms with Crippen LogP contribution in [0.4, 0.5) is 0 Å². The van der Waals surface area contributed by atoms with Gasteiger partial charge in [0.05, 0.1) is 22.7 Å². The zero-order valence-electron chi connectivity index (χ0n) is 17.2. The molecule has 0 atom stereocenters. The van der Waals surface area contributed by atoms with E-state index in [2.05, 4.69) is 15.3 Å². The summed E-state index contributed by atoms with van der Waals surface area (Å²) in [5, 5.41) is 14.4. The standard InChI is InChI=1S/C21H17ClN4O4S2/c1-12-17(21(27)30-2)25-26(16-10-5-4-9-15(16)22)18(12)20-24-23-19(31-20)13-7-6-8-14(11-13)32(3,28)29/h4-11H,1-3H3. The molecule has 0 radical (unpaired) electrons. The van der Waals surface area contributed by atoms with Crippen molar-refractivity contribution in [1.29, 1.82) is 0 Å². The molecule has 0 aliphatic carbocycles. The van der Waals surface area contributed by atoms with Gasteiger partial charge in [-0.2, -0.15) is 5.10 Å². The van der Waals surface area contributed by atoms with Crippen LogP contribution >= 0.6 is 22.9 Å². The maximum Gasteiger partial charge on any atom is 0.358 e. The number of para-hydroxylation sites is 1. The first-order valence-electron chi connectivity index (χ1n) is 9.28. The van der Waals surface area contributed by atoms with E-state index in [1.165, 1.54) is 24.5 Å². The molecule has 0 spiro atoms. The first kappa shape index (κ1) is 22.1. The first-order chi connectivity index (χ1) is 15.2. The molecular formula is C21H17ClN4O4S2. The lowest BCUT2D eigenvalue weighted by molar-refractivity contribution is 0.0592. The van der Waals surface area contributed by atoms with Crippen LogP contribution in [0.25, 0.3) is 27.0 Å². The van der Waals surface area contributed by atoms with Crippen LogP contribution in [-0.4, -0.2) is 47.7 Å². The van der Waals surface area contributed by atoms with Gasteiger partial charge >= 0.3 is 5.97 Å². The number of hydrogen-bond acceptors (Lipinski definition) is 8.